The maximum absolute atomic E-state index is 12.4. The third-order valence-electron chi connectivity index (χ3n) is 3.85. The molecule has 0 saturated heterocycles. The van der Waals surface area contributed by atoms with Crippen LogP contribution in [0.1, 0.15) is 20.8 Å². The minimum atomic E-state index is -0.828. The first-order valence-electron chi connectivity index (χ1n) is 7.52. The number of aromatic nitrogens is 3. The molecule has 0 aliphatic carbocycles. The molecule has 0 aliphatic heterocycles. The van der Waals surface area contributed by atoms with Gasteiger partial charge in [0.1, 0.15) is 5.69 Å². The van der Waals surface area contributed by atoms with Crippen LogP contribution in [0.4, 0.5) is 5.95 Å². The Morgan fingerprint density at radius 2 is 1.81 bits per heavy atom. The van der Waals surface area contributed by atoms with Gasteiger partial charge in [-0.1, -0.05) is 36.4 Å². The summed E-state index contributed by atoms with van der Waals surface area (Å²) in [6.07, 6.45) is 1.64. The van der Waals surface area contributed by atoms with E-state index in [4.69, 9.17) is 5.73 Å². The van der Waals surface area contributed by atoms with E-state index in [0.717, 1.165) is 10.8 Å². The summed E-state index contributed by atoms with van der Waals surface area (Å²) < 4.78 is 0. The number of nitrogens with zero attached hydrogens (tertiary/aromatic N) is 2. The Labute approximate surface area is 162 Å². The predicted octanol–water partition coefficient (Wildman–Crippen LogP) is 3.55. The van der Waals surface area contributed by atoms with E-state index < -0.39 is 11.8 Å². The molecule has 7 nitrogen and oxygen atoms in total. The number of aromatic amines is 1. The minimum absolute atomic E-state index is 0. The summed E-state index contributed by atoms with van der Waals surface area (Å²) in [6, 6.07) is 14.2. The van der Waals surface area contributed by atoms with Gasteiger partial charge in [-0.05, 0) is 17.5 Å². The smallest absolute Gasteiger partial charge is 0.276 e. The van der Waals surface area contributed by atoms with Crippen LogP contribution >= 0.6 is 0 Å². The summed E-state index contributed by atoms with van der Waals surface area (Å²) in [4.78, 5) is 35.1. The topological polar surface area (TPSA) is 112 Å². The molecule has 4 rings (SSSR count). The Hall–Kier alpha value is -3.05. The molecule has 0 bridgehead atoms. The van der Waals surface area contributed by atoms with Crippen LogP contribution in [0.5, 0.6) is 0 Å². The number of H-pyrrole nitrogens is 1. The average Bonchev–Trinajstić information content (AvgIpc) is 3.03. The maximum atomic E-state index is 12.4. The predicted molar refractivity (Wildman–Crippen MR) is 94.4 cm³/mol. The molecule has 26 heavy (non-hydrogen) atoms. The van der Waals surface area contributed by atoms with Gasteiger partial charge in [0.2, 0.25) is 5.95 Å². The fourth-order valence-corrected chi connectivity index (χ4v) is 2.65. The van der Waals surface area contributed by atoms with Gasteiger partial charge in [-0.15, -0.1) is 0 Å². The molecule has 3 N–H and O–H groups in total. The Kier molecular flexibility index (Phi) is 4.82. The van der Waals surface area contributed by atoms with Gasteiger partial charge < -0.3 is 15.5 Å². The average molecular weight is 514 g/mol. The third kappa shape index (κ3) is 3.21. The van der Waals surface area contributed by atoms with E-state index >= 15 is 0 Å². The standard InChI is InChI=1S/C18H13N5O2.W/c19-16(24)12-6-3-7-13-15(12)22-18(21-13)23-17(25)14-8-10-4-1-2-5-11(10)9-20-14;/h1-9H,(H4,19,20,21,22,23,24,25);/p-1. The van der Waals surface area contributed by atoms with Crippen molar-refractivity contribution < 1.29 is 30.7 Å². The quantitative estimate of drug-likeness (QED) is 0.436. The van der Waals surface area contributed by atoms with E-state index in [1.807, 2.05) is 24.3 Å². The van der Waals surface area contributed by atoms with E-state index in [-0.39, 0.29) is 38.3 Å². The largest absolute Gasteiger partial charge is 0.663 e. The molecule has 0 fully saturated rings. The Morgan fingerprint density at radius 3 is 2.58 bits per heavy atom. The monoisotopic (exact) mass is 514 g/mol. The van der Waals surface area contributed by atoms with Crippen molar-refractivity contribution in [2.45, 2.75) is 0 Å². The first-order valence-corrected chi connectivity index (χ1v) is 7.52. The van der Waals surface area contributed by atoms with Gasteiger partial charge in [-0.25, -0.2) is 4.98 Å². The zero-order valence-electron chi connectivity index (χ0n) is 13.3. The number of para-hydroxylation sites is 1. The molecule has 0 saturated carbocycles. The van der Waals surface area contributed by atoms with Gasteiger partial charge >= 0.3 is 0 Å². The van der Waals surface area contributed by atoms with Crippen molar-refractivity contribution in [2.75, 3.05) is 5.32 Å². The molecule has 8 heteroatoms. The summed E-state index contributed by atoms with van der Waals surface area (Å²) in [5, 5.41) is 4.50. The molecule has 0 spiro atoms. The molecule has 2 amide bonds. The molecule has 2 aromatic heterocycles. The van der Waals surface area contributed by atoms with Crippen LogP contribution in [0.25, 0.3) is 27.5 Å². The van der Waals surface area contributed by atoms with Gasteiger partial charge in [-0.2, -0.15) is 0 Å². The first kappa shape index (κ1) is 17.8. The number of carbonyl (C=O) groups is 2. The minimum Gasteiger partial charge on any atom is -0.663 e. The Morgan fingerprint density at radius 1 is 1.04 bits per heavy atom. The first-order chi connectivity index (χ1) is 12.1. The maximum Gasteiger partial charge on any atom is 0.276 e. The molecule has 4 aromatic rings. The van der Waals surface area contributed by atoms with Gasteiger partial charge in [0.25, 0.3) is 5.91 Å². The molecule has 0 unspecified atom stereocenters. The number of imidazole rings is 1. The Bertz CT molecular complexity index is 1140. The van der Waals surface area contributed by atoms with Crippen LogP contribution in [0.15, 0.2) is 54.7 Å². The van der Waals surface area contributed by atoms with Gasteiger partial charge in [0.05, 0.1) is 16.9 Å². The second-order valence-corrected chi connectivity index (χ2v) is 5.49. The Balaban J connectivity index is 0.00000196. The van der Waals surface area contributed by atoms with Crippen LogP contribution in [0, 0.1) is 0 Å². The molecular formula is C18H12N5O2W-. The van der Waals surface area contributed by atoms with Crippen molar-refractivity contribution in [3.63, 3.8) is 0 Å². The molecule has 128 valence electrons. The van der Waals surface area contributed by atoms with E-state index in [0.29, 0.717) is 11.0 Å². The molecular weight excluding hydrogens is 502 g/mol. The number of amides is 2. The fourth-order valence-electron chi connectivity index (χ4n) is 2.65. The van der Waals surface area contributed by atoms with Crippen molar-refractivity contribution in [3.8, 4) is 0 Å². The number of nitrogens with one attached hydrogen (secondary N) is 3. The second kappa shape index (κ2) is 7.06. The van der Waals surface area contributed by atoms with Crippen molar-refractivity contribution in [1.29, 1.82) is 0 Å². The molecule has 0 radical (unpaired) electrons. The molecule has 2 heterocycles. The van der Waals surface area contributed by atoms with E-state index in [1.54, 1.807) is 24.4 Å². The number of anilines is 1. The summed E-state index contributed by atoms with van der Waals surface area (Å²) in [6.45, 7) is 0. The third-order valence-corrected chi connectivity index (χ3v) is 3.85. The van der Waals surface area contributed by atoms with Crippen LogP contribution in [0.3, 0.4) is 0 Å². The van der Waals surface area contributed by atoms with Crippen LogP contribution < -0.4 is 5.32 Å². The van der Waals surface area contributed by atoms with Crippen molar-refractivity contribution in [3.05, 3.63) is 71.7 Å². The SMILES string of the molecule is [NH-]C(=O)c1cccc2[nH]c(NC(=O)c3cc4ccccc4cn3)nc12.[W]. The molecule has 0 aliphatic rings. The van der Waals surface area contributed by atoms with Crippen LogP contribution in [0.2, 0.25) is 0 Å². The van der Waals surface area contributed by atoms with Crippen molar-refractivity contribution in [1.82, 2.24) is 15.0 Å². The van der Waals surface area contributed by atoms with Crippen LogP contribution in [-0.2, 0) is 21.1 Å². The number of benzene rings is 2. The number of carbonyl (C=O) groups excluding carboxylic acids is 2. The van der Waals surface area contributed by atoms with Crippen molar-refractivity contribution in [2.24, 2.45) is 0 Å². The summed E-state index contributed by atoms with van der Waals surface area (Å²) >= 11 is 0. The zero-order valence-corrected chi connectivity index (χ0v) is 16.2. The zero-order chi connectivity index (χ0) is 17.4. The normalized spacial score (nSPS) is 10.5. The fraction of sp³-hybridized carbons (Fsp3) is 0. The van der Waals surface area contributed by atoms with E-state index in [1.165, 1.54) is 6.07 Å². The number of rotatable bonds is 3. The van der Waals surface area contributed by atoms with Crippen molar-refractivity contribution >= 4 is 39.6 Å². The summed E-state index contributed by atoms with van der Waals surface area (Å²) in [5.41, 5.74) is 8.63. The molecule has 0 atom stereocenters. The summed E-state index contributed by atoms with van der Waals surface area (Å²) in [7, 11) is 0. The van der Waals surface area contributed by atoms with Gasteiger partial charge in [0, 0.05) is 38.2 Å². The van der Waals surface area contributed by atoms with Gasteiger partial charge in [0.15, 0.2) is 0 Å². The number of fused-ring (bicyclic) bond motifs is 2. The van der Waals surface area contributed by atoms with Gasteiger partial charge in [-0.3, -0.25) is 15.1 Å². The summed E-state index contributed by atoms with van der Waals surface area (Å²) in [5.74, 6) is -1.04. The van der Waals surface area contributed by atoms with Crippen LogP contribution in [-0.4, -0.2) is 26.8 Å². The number of hydrogen-bond donors (Lipinski definition) is 2. The second-order valence-electron chi connectivity index (χ2n) is 5.49. The number of hydrogen-bond acceptors (Lipinski definition) is 4. The number of pyridine rings is 1. The van der Waals surface area contributed by atoms with E-state index in [9.17, 15) is 9.59 Å². The molecule has 2 aromatic carbocycles. The van der Waals surface area contributed by atoms with E-state index in [2.05, 4.69) is 20.3 Å².